The zero-order valence-corrected chi connectivity index (χ0v) is 9.77. The monoisotopic (exact) mass is 237 g/mol. The fourth-order valence-electron chi connectivity index (χ4n) is 1.31. The fraction of sp³-hybridized carbons (Fsp3) is 0.500. The largest absolute Gasteiger partial charge is 0.388 e. The van der Waals surface area contributed by atoms with Crippen molar-refractivity contribution < 1.29 is 5.11 Å². The molecule has 0 spiro atoms. The number of aromatic amines is 1. The molecule has 0 amide bonds. The Morgan fingerprint density at radius 2 is 2.41 bits per heavy atom. The summed E-state index contributed by atoms with van der Waals surface area (Å²) < 4.78 is 1.31. The van der Waals surface area contributed by atoms with E-state index in [4.69, 9.17) is 0 Å². The molecule has 0 aliphatic heterocycles. The molecule has 92 valence electrons. The molecular weight excluding hydrogens is 222 g/mol. The van der Waals surface area contributed by atoms with Gasteiger partial charge in [0.05, 0.1) is 5.60 Å². The first kappa shape index (κ1) is 11.6. The minimum atomic E-state index is -0.779. The standard InChI is InChI=1S/C10H15N5O2/c1-3-10(2,17)5-11-7-4-8-13-14-9(16)15(8)6-12-7/h4,6,11,17H,3,5H2,1-2H3,(H,14,16). The van der Waals surface area contributed by atoms with Crippen LogP contribution in [0.1, 0.15) is 20.3 Å². The number of aromatic nitrogens is 4. The van der Waals surface area contributed by atoms with Gasteiger partial charge in [0.25, 0.3) is 0 Å². The number of hydrogen-bond acceptors (Lipinski definition) is 5. The maximum Gasteiger partial charge on any atom is 0.348 e. The maximum absolute atomic E-state index is 11.2. The third-order valence-electron chi connectivity index (χ3n) is 2.72. The molecule has 17 heavy (non-hydrogen) atoms. The summed E-state index contributed by atoms with van der Waals surface area (Å²) in [5.74, 6) is 0.574. The summed E-state index contributed by atoms with van der Waals surface area (Å²) in [6, 6.07) is 1.64. The summed E-state index contributed by atoms with van der Waals surface area (Å²) in [7, 11) is 0. The van der Waals surface area contributed by atoms with Gasteiger partial charge in [-0.1, -0.05) is 6.92 Å². The van der Waals surface area contributed by atoms with E-state index in [9.17, 15) is 9.90 Å². The minimum Gasteiger partial charge on any atom is -0.388 e. The van der Waals surface area contributed by atoms with Gasteiger partial charge < -0.3 is 10.4 Å². The van der Waals surface area contributed by atoms with Crippen molar-refractivity contribution in [3.63, 3.8) is 0 Å². The van der Waals surface area contributed by atoms with Crippen molar-refractivity contribution in [3.8, 4) is 0 Å². The van der Waals surface area contributed by atoms with Crippen LogP contribution in [0.2, 0.25) is 0 Å². The average Bonchev–Trinajstić information content (AvgIpc) is 2.68. The Morgan fingerprint density at radius 1 is 1.65 bits per heavy atom. The van der Waals surface area contributed by atoms with Crippen LogP contribution >= 0.6 is 0 Å². The number of fused-ring (bicyclic) bond motifs is 1. The van der Waals surface area contributed by atoms with Crippen LogP contribution in [-0.4, -0.2) is 36.8 Å². The number of nitrogens with one attached hydrogen (secondary N) is 2. The molecule has 2 aromatic rings. The van der Waals surface area contributed by atoms with E-state index in [1.54, 1.807) is 13.0 Å². The van der Waals surface area contributed by atoms with E-state index < -0.39 is 5.60 Å². The maximum atomic E-state index is 11.2. The number of hydrogen-bond donors (Lipinski definition) is 3. The Kier molecular flexibility index (Phi) is 2.84. The molecule has 1 atom stereocenters. The van der Waals surface area contributed by atoms with Crippen LogP contribution in [0, 0.1) is 0 Å². The summed E-state index contributed by atoms with van der Waals surface area (Å²) >= 11 is 0. The van der Waals surface area contributed by atoms with Crippen LogP contribution in [0.4, 0.5) is 5.82 Å². The Bertz CT molecular complexity index is 571. The van der Waals surface area contributed by atoms with E-state index >= 15 is 0 Å². The lowest BCUT2D eigenvalue weighted by Gasteiger charge is -2.21. The Morgan fingerprint density at radius 3 is 3.12 bits per heavy atom. The van der Waals surface area contributed by atoms with Crippen molar-refractivity contribution in [2.75, 3.05) is 11.9 Å². The molecule has 2 heterocycles. The summed E-state index contributed by atoms with van der Waals surface area (Å²) in [5, 5.41) is 19.0. The van der Waals surface area contributed by atoms with Gasteiger partial charge in [0, 0.05) is 12.6 Å². The van der Waals surface area contributed by atoms with Crippen LogP contribution in [-0.2, 0) is 0 Å². The molecule has 0 bridgehead atoms. The van der Waals surface area contributed by atoms with Gasteiger partial charge in [-0.15, -0.1) is 0 Å². The highest BCUT2D eigenvalue weighted by Gasteiger charge is 2.17. The quantitative estimate of drug-likeness (QED) is 0.695. The Labute approximate surface area is 97.5 Å². The molecule has 0 aromatic carbocycles. The van der Waals surface area contributed by atoms with Crippen LogP contribution in [0.15, 0.2) is 17.2 Å². The summed E-state index contributed by atoms with van der Waals surface area (Å²) in [6.07, 6.45) is 2.04. The molecule has 0 saturated heterocycles. The zero-order valence-electron chi connectivity index (χ0n) is 9.77. The molecule has 7 nitrogen and oxygen atoms in total. The van der Waals surface area contributed by atoms with Gasteiger partial charge in [-0.3, -0.25) is 0 Å². The van der Waals surface area contributed by atoms with Gasteiger partial charge in [0.1, 0.15) is 12.1 Å². The molecule has 0 aliphatic rings. The smallest absolute Gasteiger partial charge is 0.348 e. The van der Waals surface area contributed by atoms with E-state index in [0.717, 1.165) is 0 Å². The Balaban J connectivity index is 2.17. The highest BCUT2D eigenvalue weighted by molar-refractivity contribution is 5.48. The van der Waals surface area contributed by atoms with E-state index in [1.807, 2.05) is 6.92 Å². The van der Waals surface area contributed by atoms with Gasteiger partial charge in [0.15, 0.2) is 5.65 Å². The lowest BCUT2D eigenvalue weighted by molar-refractivity contribution is 0.0696. The molecule has 7 heteroatoms. The lowest BCUT2D eigenvalue weighted by Crippen LogP contribution is -2.32. The second kappa shape index (κ2) is 4.17. The van der Waals surface area contributed by atoms with Crippen molar-refractivity contribution in [1.29, 1.82) is 0 Å². The second-order valence-corrected chi connectivity index (χ2v) is 4.24. The molecule has 2 aromatic heterocycles. The summed E-state index contributed by atoms with van der Waals surface area (Å²) in [4.78, 5) is 15.3. The zero-order chi connectivity index (χ0) is 12.5. The molecular formula is C10H15N5O2. The first-order valence-corrected chi connectivity index (χ1v) is 5.41. The van der Waals surface area contributed by atoms with Crippen molar-refractivity contribution >= 4 is 11.5 Å². The molecule has 1 unspecified atom stereocenters. The van der Waals surface area contributed by atoms with Crippen LogP contribution in [0.3, 0.4) is 0 Å². The van der Waals surface area contributed by atoms with E-state index in [0.29, 0.717) is 24.4 Å². The van der Waals surface area contributed by atoms with Crippen molar-refractivity contribution in [2.45, 2.75) is 25.9 Å². The second-order valence-electron chi connectivity index (χ2n) is 4.24. The number of H-pyrrole nitrogens is 1. The molecule has 0 radical (unpaired) electrons. The van der Waals surface area contributed by atoms with Gasteiger partial charge in [0.2, 0.25) is 0 Å². The third kappa shape index (κ3) is 2.44. The fourth-order valence-corrected chi connectivity index (χ4v) is 1.31. The number of anilines is 1. The predicted octanol–water partition coefficient (Wildman–Crippen LogP) is -0.00950. The predicted molar refractivity (Wildman–Crippen MR) is 63.0 cm³/mol. The van der Waals surface area contributed by atoms with Gasteiger partial charge in [-0.05, 0) is 13.3 Å². The average molecular weight is 237 g/mol. The topological polar surface area (TPSA) is 95.3 Å². The normalized spacial score (nSPS) is 14.8. The van der Waals surface area contributed by atoms with Crippen LogP contribution in [0.5, 0.6) is 0 Å². The number of nitrogens with zero attached hydrogens (tertiary/aromatic N) is 3. The molecule has 2 rings (SSSR count). The molecule has 3 N–H and O–H groups in total. The van der Waals surface area contributed by atoms with Crippen molar-refractivity contribution in [1.82, 2.24) is 19.6 Å². The van der Waals surface area contributed by atoms with Crippen LogP contribution in [0.25, 0.3) is 5.65 Å². The lowest BCUT2D eigenvalue weighted by atomic mass is 10.0. The first-order chi connectivity index (χ1) is 8.02. The summed E-state index contributed by atoms with van der Waals surface area (Å²) in [6.45, 7) is 4.05. The highest BCUT2D eigenvalue weighted by Crippen LogP contribution is 2.10. The minimum absolute atomic E-state index is 0.320. The summed E-state index contributed by atoms with van der Waals surface area (Å²) in [5.41, 5.74) is -0.609. The number of aliphatic hydroxyl groups is 1. The number of rotatable bonds is 4. The molecule has 0 aliphatic carbocycles. The first-order valence-electron chi connectivity index (χ1n) is 5.41. The van der Waals surface area contributed by atoms with Gasteiger partial charge >= 0.3 is 5.69 Å². The molecule has 0 fully saturated rings. The SMILES string of the molecule is CCC(C)(O)CNc1cc2n[nH]c(=O)n2cn1. The highest BCUT2D eigenvalue weighted by atomic mass is 16.3. The third-order valence-corrected chi connectivity index (χ3v) is 2.72. The van der Waals surface area contributed by atoms with Gasteiger partial charge in [-0.25, -0.2) is 19.3 Å². The van der Waals surface area contributed by atoms with E-state index in [2.05, 4.69) is 20.5 Å². The van der Waals surface area contributed by atoms with E-state index in [1.165, 1.54) is 10.7 Å². The van der Waals surface area contributed by atoms with Crippen LogP contribution < -0.4 is 11.0 Å². The van der Waals surface area contributed by atoms with Gasteiger partial charge in [-0.2, -0.15) is 5.10 Å². The molecule has 0 saturated carbocycles. The van der Waals surface area contributed by atoms with Crippen molar-refractivity contribution in [3.05, 3.63) is 22.9 Å². The van der Waals surface area contributed by atoms with Crippen molar-refractivity contribution in [2.24, 2.45) is 0 Å². The van der Waals surface area contributed by atoms with E-state index in [-0.39, 0.29) is 5.69 Å². The Hall–Kier alpha value is -1.89.